The predicted octanol–water partition coefficient (Wildman–Crippen LogP) is 2.84. The fourth-order valence-electron chi connectivity index (χ4n) is 2.36. The summed E-state index contributed by atoms with van der Waals surface area (Å²) in [6.07, 6.45) is 4.02. The minimum Gasteiger partial charge on any atom is -0.353 e. The van der Waals surface area contributed by atoms with Crippen molar-refractivity contribution in [2.75, 3.05) is 18.0 Å². The molecule has 2 heterocycles. The van der Waals surface area contributed by atoms with Crippen LogP contribution in [0.25, 0.3) is 10.8 Å². The third-order valence-corrected chi connectivity index (χ3v) is 3.57. The summed E-state index contributed by atoms with van der Waals surface area (Å²) in [6.45, 7) is 1.89. The quantitative estimate of drug-likeness (QED) is 0.726. The van der Waals surface area contributed by atoms with E-state index in [4.69, 9.17) is 11.6 Å². The molecule has 3 rings (SSSR count). The third kappa shape index (κ3) is 2.07. The van der Waals surface area contributed by atoms with Crippen LogP contribution in [0, 0.1) is 0 Å². The van der Waals surface area contributed by atoms with Crippen LogP contribution in [-0.2, 0) is 0 Å². The largest absolute Gasteiger partial charge is 0.353 e. The number of rotatable bonds is 1. The molecule has 2 aromatic rings. The molecule has 1 aliphatic rings. The van der Waals surface area contributed by atoms with Crippen LogP contribution in [0.1, 0.15) is 12.8 Å². The van der Waals surface area contributed by atoms with Gasteiger partial charge in [-0.3, -0.25) is 0 Å². The minimum absolute atomic E-state index is 0.226. The van der Waals surface area contributed by atoms with Gasteiger partial charge < -0.3 is 4.90 Å². The van der Waals surface area contributed by atoms with E-state index in [1.165, 1.54) is 0 Å². The standard InChI is InChI=1S/C13H14ClN3/c14-11-5-3-7-17(9-11)13-12-6-2-1-4-10(12)8-15-16-13/h1-2,4,6,8,11H,3,5,7,9H2. The van der Waals surface area contributed by atoms with Crippen LogP contribution in [0.3, 0.4) is 0 Å². The highest BCUT2D eigenvalue weighted by atomic mass is 35.5. The average Bonchev–Trinajstić information content (AvgIpc) is 2.38. The van der Waals surface area contributed by atoms with Crippen molar-refractivity contribution >= 4 is 28.2 Å². The molecule has 88 valence electrons. The van der Waals surface area contributed by atoms with E-state index in [9.17, 15) is 0 Å². The molecule has 0 N–H and O–H groups in total. The molecule has 1 atom stereocenters. The van der Waals surface area contributed by atoms with Crippen LogP contribution in [0.2, 0.25) is 0 Å². The highest BCUT2D eigenvalue weighted by molar-refractivity contribution is 6.21. The number of alkyl halides is 1. The van der Waals surface area contributed by atoms with E-state index in [0.29, 0.717) is 0 Å². The summed E-state index contributed by atoms with van der Waals surface area (Å²) in [6, 6.07) is 8.22. The first-order valence-electron chi connectivity index (χ1n) is 5.94. The number of halogens is 1. The molecule has 1 aromatic heterocycles. The van der Waals surface area contributed by atoms with Gasteiger partial charge in [0.15, 0.2) is 5.82 Å². The topological polar surface area (TPSA) is 29.0 Å². The minimum atomic E-state index is 0.226. The molecule has 0 amide bonds. The Bertz CT molecular complexity index is 524. The SMILES string of the molecule is ClC1CCCN(c2nncc3ccccc23)C1. The number of hydrogen-bond acceptors (Lipinski definition) is 3. The Labute approximate surface area is 105 Å². The van der Waals surface area contributed by atoms with Crippen molar-refractivity contribution < 1.29 is 0 Å². The van der Waals surface area contributed by atoms with Crippen molar-refractivity contribution in [1.29, 1.82) is 0 Å². The summed E-state index contributed by atoms with van der Waals surface area (Å²) < 4.78 is 0. The Morgan fingerprint density at radius 3 is 3.06 bits per heavy atom. The van der Waals surface area contributed by atoms with Gasteiger partial charge in [0, 0.05) is 23.9 Å². The Hall–Kier alpha value is -1.35. The molecule has 17 heavy (non-hydrogen) atoms. The second-order valence-electron chi connectivity index (χ2n) is 4.44. The van der Waals surface area contributed by atoms with Gasteiger partial charge in [-0.1, -0.05) is 24.3 Å². The van der Waals surface area contributed by atoms with E-state index in [2.05, 4.69) is 27.2 Å². The molecular formula is C13H14ClN3. The van der Waals surface area contributed by atoms with E-state index >= 15 is 0 Å². The van der Waals surface area contributed by atoms with Gasteiger partial charge in [-0.25, -0.2) is 0 Å². The van der Waals surface area contributed by atoms with Crippen molar-refractivity contribution in [1.82, 2.24) is 10.2 Å². The van der Waals surface area contributed by atoms with Crippen molar-refractivity contribution in [3.8, 4) is 0 Å². The maximum absolute atomic E-state index is 6.22. The van der Waals surface area contributed by atoms with Gasteiger partial charge in [-0.15, -0.1) is 16.7 Å². The lowest BCUT2D eigenvalue weighted by Gasteiger charge is -2.30. The van der Waals surface area contributed by atoms with Crippen molar-refractivity contribution in [2.45, 2.75) is 18.2 Å². The first-order valence-corrected chi connectivity index (χ1v) is 6.38. The first kappa shape index (κ1) is 10.8. The summed E-state index contributed by atoms with van der Waals surface area (Å²) in [4.78, 5) is 2.25. The smallest absolute Gasteiger partial charge is 0.159 e. The molecule has 0 spiro atoms. The number of benzene rings is 1. The van der Waals surface area contributed by atoms with Crippen LogP contribution in [0.5, 0.6) is 0 Å². The van der Waals surface area contributed by atoms with E-state index in [-0.39, 0.29) is 5.38 Å². The van der Waals surface area contributed by atoms with Gasteiger partial charge in [-0.05, 0) is 12.8 Å². The fraction of sp³-hybridized carbons (Fsp3) is 0.385. The van der Waals surface area contributed by atoms with E-state index < -0.39 is 0 Å². The summed E-state index contributed by atoms with van der Waals surface area (Å²) in [5, 5.41) is 10.9. The van der Waals surface area contributed by atoms with E-state index in [1.54, 1.807) is 6.20 Å². The maximum Gasteiger partial charge on any atom is 0.159 e. The monoisotopic (exact) mass is 247 g/mol. The summed E-state index contributed by atoms with van der Waals surface area (Å²) in [7, 11) is 0. The summed E-state index contributed by atoms with van der Waals surface area (Å²) in [5.41, 5.74) is 0. The fourth-order valence-corrected chi connectivity index (χ4v) is 2.69. The molecule has 0 saturated carbocycles. The van der Waals surface area contributed by atoms with Gasteiger partial charge in [-0.2, -0.15) is 5.10 Å². The predicted molar refractivity (Wildman–Crippen MR) is 70.6 cm³/mol. The van der Waals surface area contributed by atoms with Crippen molar-refractivity contribution in [3.05, 3.63) is 30.5 Å². The molecule has 0 radical (unpaired) electrons. The molecule has 0 bridgehead atoms. The van der Waals surface area contributed by atoms with Crippen LogP contribution in [0.15, 0.2) is 30.5 Å². The zero-order valence-corrected chi connectivity index (χ0v) is 10.3. The number of nitrogens with zero attached hydrogens (tertiary/aromatic N) is 3. The number of piperidine rings is 1. The zero-order chi connectivity index (χ0) is 11.7. The van der Waals surface area contributed by atoms with Crippen molar-refractivity contribution in [2.24, 2.45) is 0 Å². The van der Waals surface area contributed by atoms with Crippen molar-refractivity contribution in [3.63, 3.8) is 0 Å². The normalized spacial score (nSPS) is 20.8. The third-order valence-electron chi connectivity index (χ3n) is 3.21. The van der Waals surface area contributed by atoms with Crippen LogP contribution >= 0.6 is 11.6 Å². The van der Waals surface area contributed by atoms with Gasteiger partial charge in [0.2, 0.25) is 0 Å². The molecule has 1 fully saturated rings. The Morgan fingerprint density at radius 1 is 1.29 bits per heavy atom. The van der Waals surface area contributed by atoms with Gasteiger partial charge >= 0.3 is 0 Å². The van der Waals surface area contributed by atoms with Gasteiger partial charge in [0.25, 0.3) is 0 Å². The number of anilines is 1. The average molecular weight is 248 g/mol. The highest BCUT2D eigenvalue weighted by Crippen LogP contribution is 2.26. The van der Waals surface area contributed by atoms with Gasteiger partial charge in [0.05, 0.1) is 11.6 Å². The second-order valence-corrected chi connectivity index (χ2v) is 5.06. The van der Waals surface area contributed by atoms with Crippen LogP contribution in [-0.4, -0.2) is 28.7 Å². The number of fused-ring (bicyclic) bond motifs is 1. The summed E-state index contributed by atoms with van der Waals surface area (Å²) >= 11 is 6.22. The first-order chi connectivity index (χ1) is 8.34. The van der Waals surface area contributed by atoms with E-state index in [0.717, 1.165) is 42.5 Å². The zero-order valence-electron chi connectivity index (χ0n) is 9.51. The molecule has 4 heteroatoms. The molecular weight excluding hydrogens is 234 g/mol. The number of hydrogen-bond donors (Lipinski definition) is 0. The lowest BCUT2D eigenvalue weighted by atomic mass is 10.1. The highest BCUT2D eigenvalue weighted by Gasteiger charge is 2.20. The lowest BCUT2D eigenvalue weighted by Crippen LogP contribution is -2.36. The molecule has 1 saturated heterocycles. The molecule has 0 aliphatic carbocycles. The Morgan fingerprint density at radius 2 is 2.18 bits per heavy atom. The Balaban J connectivity index is 2.04. The summed E-state index contributed by atoms with van der Waals surface area (Å²) in [5.74, 6) is 0.966. The number of aromatic nitrogens is 2. The molecule has 1 unspecified atom stereocenters. The van der Waals surface area contributed by atoms with Crippen LogP contribution in [0.4, 0.5) is 5.82 Å². The second kappa shape index (κ2) is 4.49. The van der Waals surface area contributed by atoms with Gasteiger partial charge in [0.1, 0.15) is 0 Å². The molecule has 1 aromatic carbocycles. The molecule has 1 aliphatic heterocycles. The molecule has 3 nitrogen and oxygen atoms in total. The maximum atomic E-state index is 6.22. The Kier molecular flexibility index (Phi) is 2.85. The van der Waals surface area contributed by atoms with Crippen LogP contribution < -0.4 is 4.90 Å². The lowest BCUT2D eigenvalue weighted by molar-refractivity contribution is 0.579. The van der Waals surface area contributed by atoms with E-state index in [1.807, 2.05) is 12.1 Å².